The second-order valence-corrected chi connectivity index (χ2v) is 5.82. The van der Waals surface area contributed by atoms with E-state index in [0.717, 1.165) is 24.1 Å². The Morgan fingerprint density at radius 1 is 1.29 bits per heavy atom. The van der Waals surface area contributed by atoms with Gasteiger partial charge in [0.05, 0.1) is 5.92 Å². The maximum Gasteiger partial charge on any atom is 0.306 e. The summed E-state index contributed by atoms with van der Waals surface area (Å²) >= 11 is 0. The van der Waals surface area contributed by atoms with Gasteiger partial charge in [-0.25, -0.2) is 0 Å². The smallest absolute Gasteiger partial charge is 0.306 e. The first-order valence-electron chi connectivity index (χ1n) is 7.63. The third-order valence-electron chi connectivity index (χ3n) is 4.27. The molecule has 1 amide bonds. The number of carbonyl (C=O) groups is 2. The summed E-state index contributed by atoms with van der Waals surface area (Å²) in [4.78, 5) is 25.7. The van der Waals surface area contributed by atoms with E-state index in [1.807, 2.05) is 38.1 Å². The first-order chi connectivity index (χ1) is 10.0. The zero-order valence-electron chi connectivity index (χ0n) is 12.7. The van der Waals surface area contributed by atoms with Gasteiger partial charge in [0.1, 0.15) is 0 Å². The van der Waals surface area contributed by atoms with Crippen LogP contribution < -0.4 is 4.90 Å². The summed E-state index contributed by atoms with van der Waals surface area (Å²) < 4.78 is 0. The Bertz CT molecular complexity index is 527. The molecule has 21 heavy (non-hydrogen) atoms. The Hall–Kier alpha value is -1.84. The molecule has 1 aliphatic carbocycles. The quantitative estimate of drug-likeness (QED) is 0.925. The van der Waals surface area contributed by atoms with Gasteiger partial charge in [-0.2, -0.15) is 0 Å². The highest BCUT2D eigenvalue weighted by molar-refractivity contribution is 5.95. The molecule has 0 saturated heterocycles. The molecular weight excluding hydrogens is 266 g/mol. The summed E-state index contributed by atoms with van der Waals surface area (Å²) in [6, 6.07) is 7.88. The summed E-state index contributed by atoms with van der Waals surface area (Å²) in [7, 11) is 0. The molecule has 2 atom stereocenters. The van der Waals surface area contributed by atoms with Gasteiger partial charge in [-0.1, -0.05) is 18.6 Å². The highest BCUT2D eigenvalue weighted by Gasteiger charge is 2.33. The standard InChI is InChI=1S/C17H23NO3/c1-3-18(15-9-4-6-12(2)10-15)16(19)13-7-5-8-14(11-13)17(20)21/h4,6,9-10,13-14H,3,5,7-8,11H2,1-2H3,(H,20,21). The summed E-state index contributed by atoms with van der Waals surface area (Å²) in [5.74, 6) is -1.25. The van der Waals surface area contributed by atoms with Crippen LogP contribution in [0.3, 0.4) is 0 Å². The molecule has 1 saturated carbocycles. The Kier molecular flexibility index (Phi) is 4.99. The first-order valence-corrected chi connectivity index (χ1v) is 7.63. The molecule has 2 rings (SSSR count). The monoisotopic (exact) mass is 289 g/mol. The molecule has 0 aromatic heterocycles. The molecule has 1 aromatic rings. The zero-order chi connectivity index (χ0) is 15.4. The predicted octanol–water partition coefficient (Wildman–Crippen LogP) is 3.24. The summed E-state index contributed by atoms with van der Waals surface area (Å²) in [5.41, 5.74) is 2.02. The van der Waals surface area contributed by atoms with Crippen molar-refractivity contribution < 1.29 is 14.7 Å². The lowest BCUT2D eigenvalue weighted by Gasteiger charge is -2.31. The van der Waals surface area contributed by atoms with Gasteiger partial charge in [0, 0.05) is 18.2 Å². The lowest BCUT2D eigenvalue weighted by atomic mass is 9.80. The van der Waals surface area contributed by atoms with Crippen molar-refractivity contribution in [2.75, 3.05) is 11.4 Å². The fourth-order valence-electron chi connectivity index (χ4n) is 3.12. The number of carbonyl (C=O) groups excluding carboxylic acids is 1. The van der Waals surface area contributed by atoms with Crippen LogP contribution in [0.25, 0.3) is 0 Å². The SMILES string of the molecule is CCN(C(=O)C1CCCC(C(=O)O)C1)c1cccc(C)c1. The second kappa shape index (κ2) is 6.74. The molecule has 2 unspecified atom stereocenters. The van der Waals surface area contributed by atoms with Crippen LogP contribution in [0.1, 0.15) is 38.2 Å². The highest BCUT2D eigenvalue weighted by atomic mass is 16.4. The lowest BCUT2D eigenvalue weighted by molar-refractivity contribution is -0.143. The molecule has 1 fully saturated rings. The number of benzene rings is 1. The molecular formula is C17H23NO3. The van der Waals surface area contributed by atoms with Crippen LogP contribution in [0, 0.1) is 18.8 Å². The highest BCUT2D eigenvalue weighted by Crippen LogP contribution is 2.31. The van der Waals surface area contributed by atoms with Crippen LogP contribution in [0.5, 0.6) is 0 Å². The van der Waals surface area contributed by atoms with Crippen LogP contribution in [0.4, 0.5) is 5.69 Å². The molecule has 4 nitrogen and oxygen atoms in total. The van der Waals surface area contributed by atoms with Crippen molar-refractivity contribution in [3.63, 3.8) is 0 Å². The van der Waals surface area contributed by atoms with Gasteiger partial charge in [-0.3, -0.25) is 9.59 Å². The van der Waals surface area contributed by atoms with Crippen molar-refractivity contribution in [2.24, 2.45) is 11.8 Å². The second-order valence-electron chi connectivity index (χ2n) is 5.82. The van der Waals surface area contributed by atoms with Crippen molar-refractivity contribution in [3.05, 3.63) is 29.8 Å². The first kappa shape index (κ1) is 15.5. The van der Waals surface area contributed by atoms with Crippen LogP contribution in [-0.2, 0) is 9.59 Å². The minimum Gasteiger partial charge on any atom is -0.481 e. The van der Waals surface area contributed by atoms with Crippen molar-refractivity contribution in [1.82, 2.24) is 0 Å². The number of nitrogens with zero attached hydrogens (tertiary/aromatic N) is 1. The molecule has 1 aliphatic rings. The molecule has 4 heteroatoms. The minimum absolute atomic E-state index is 0.0639. The van der Waals surface area contributed by atoms with Crippen molar-refractivity contribution >= 4 is 17.6 Å². The molecule has 0 spiro atoms. The van der Waals surface area contributed by atoms with E-state index in [4.69, 9.17) is 5.11 Å². The zero-order valence-corrected chi connectivity index (χ0v) is 12.7. The van der Waals surface area contributed by atoms with Crippen LogP contribution >= 0.6 is 0 Å². The van der Waals surface area contributed by atoms with E-state index in [2.05, 4.69) is 0 Å². The number of carboxylic acids is 1. The molecule has 0 radical (unpaired) electrons. The fourth-order valence-corrected chi connectivity index (χ4v) is 3.12. The van der Waals surface area contributed by atoms with E-state index >= 15 is 0 Å². The maximum atomic E-state index is 12.7. The van der Waals surface area contributed by atoms with E-state index in [-0.39, 0.29) is 17.7 Å². The van der Waals surface area contributed by atoms with E-state index < -0.39 is 5.97 Å². The predicted molar refractivity (Wildman–Crippen MR) is 82.3 cm³/mol. The van der Waals surface area contributed by atoms with Crippen molar-refractivity contribution in [2.45, 2.75) is 39.5 Å². The Morgan fingerprint density at radius 3 is 2.62 bits per heavy atom. The number of aryl methyl sites for hydroxylation is 1. The van der Waals surface area contributed by atoms with Gasteiger partial charge in [0.2, 0.25) is 5.91 Å². The van der Waals surface area contributed by atoms with E-state index in [1.54, 1.807) is 4.90 Å². The average molecular weight is 289 g/mol. The van der Waals surface area contributed by atoms with Gasteiger partial charge in [-0.15, -0.1) is 0 Å². The van der Waals surface area contributed by atoms with Gasteiger partial charge < -0.3 is 10.0 Å². The Labute approximate surface area is 125 Å². The Balaban J connectivity index is 2.14. The maximum absolute atomic E-state index is 12.7. The topological polar surface area (TPSA) is 57.6 Å². The summed E-state index contributed by atoms with van der Waals surface area (Å²) in [6.45, 7) is 4.57. The number of carboxylic acid groups (broad SMARTS) is 1. The largest absolute Gasteiger partial charge is 0.481 e. The number of rotatable bonds is 4. The number of amides is 1. The van der Waals surface area contributed by atoms with Crippen LogP contribution in [0.2, 0.25) is 0 Å². The number of hydrogen-bond acceptors (Lipinski definition) is 2. The molecule has 0 aliphatic heterocycles. The number of hydrogen-bond donors (Lipinski definition) is 1. The van der Waals surface area contributed by atoms with Gasteiger partial charge in [-0.05, 0) is 50.8 Å². The van der Waals surface area contributed by atoms with E-state index in [9.17, 15) is 9.59 Å². The van der Waals surface area contributed by atoms with Crippen LogP contribution in [-0.4, -0.2) is 23.5 Å². The third-order valence-corrected chi connectivity index (χ3v) is 4.27. The molecule has 1 N–H and O–H groups in total. The molecule has 0 bridgehead atoms. The van der Waals surface area contributed by atoms with Gasteiger partial charge in [0.25, 0.3) is 0 Å². The summed E-state index contributed by atoms with van der Waals surface area (Å²) in [6.07, 6.45) is 2.77. The summed E-state index contributed by atoms with van der Waals surface area (Å²) in [5, 5.41) is 9.16. The molecule has 1 aromatic carbocycles. The number of anilines is 1. The van der Waals surface area contributed by atoms with E-state index in [1.165, 1.54) is 0 Å². The van der Waals surface area contributed by atoms with Crippen molar-refractivity contribution in [1.29, 1.82) is 0 Å². The fraction of sp³-hybridized carbons (Fsp3) is 0.529. The lowest BCUT2D eigenvalue weighted by Crippen LogP contribution is -2.39. The number of aliphatic carboxylic acids is 1. The van der Waals surface area contributed by atoms with Gasteiger partial charge in [0.15, 0.2) is 0 Å². The van der Waals surface area contributed by atoms with E-state index in [0.29, 0.717) is 19.4 Å². The van der Waals surface area contributed by atoms with Crippen molar-refractivity contribution in [3.8, 4) is 0 Å². The molecule has 0 heterocycles. The normalized spacial score (nSPS) is 21.8. The molecule has 114 valence electrons. The van der Waals surface area contributed by atoms with Gasteiger partial charge >= 0.3 is 5.97 Å². The third kappa shape index (κ3) is 3.63. The minimum atomic E-state index is -0.772. The average Bonchev–Trinajstić information content (AvgIpc) is 2.48. The Morgan fingerprint density at radius 2 is 2.00 bits per heavy atom. The van der Waals surface area contributed by atoms with Crippen LogP contribution in [0.15, 0.2) is 24.3 Å².